The van der Waals surface area contributed by atoms with Crippen molar-refractivity contribution in [3.8, 4) is 0 Å². The Bertz CT molecular complexity index is 332. The van der Waals surface area contributed by atoms with Crippen LogP contribution in [0.4, 0.5) is 8.78 Å². The maximum absolute atomic E-state index is 11.8. The summed E-state index contributed by atoms with van der Waals surface area (Å²) in [5, 5.41) is 3.97. The van der Waals surface area contributed by atoms with Gasteiger partial charge in [-0.1, -0.05) is 30.7 Å². The standard InChI is InChI=1S/C13H18ClF2NO/c1-2-12(10-3-5-11(14)6-4-10)17-7-8-18-9-13(15)16/h3-6,12-13,17H,2,7-9H2,1H3. The minimum absolute atomic E-state index is 0.192. The molecule has 0 spiro atoms. The smallest absolute Gasteiger partial charge is 0.261 e. The normalized spacial score (nSPS) is 12.9. The Labute approximate surface area is 111 Å². The van der Waals surface area contributed by atoms with E-state index >= 15 is 0 Å². The van der Waals surface area contributed by atoms with Crippen molar-refractivity contribution >= 4 is 11.6 Å². The van der Waals surface area contributed by atoms with Crippen LogP contribution in [0.5, 0.6) is 0 Å². The van der Waals surface area contributed by atoms with E-state index in [1.54, 1.807) is 0 Å². The molecule has 0 saturated heterocycles. The number of ether oxygens (including phenoxy) is 1. The van der Waals surface area contributed by atoms with E-state index in [4.69, 9.17) is 16.3 Å². The molecule has 0 aliphatic carbocycles. The molecule has 0 amide bonds. The van der Waals surface area contributed by atoms with Crippen molar-refractivity contribution in [2.45, 2.75) is 25.8 Å². The topological polar surface area (TPSA) is 21.3 Å². The molecular formula is C13H18ClF2NO. The molecule has 1 aromatic carbocycles. The maximum atomic E-state index is 11.8. The third-order valence-electron chi connectivity index (χ3n) is 2.56. The first-order valence-electron chi connectivity index (χ1n) is 5.98. The first-order valence-corrected chi connectivity index (χ1v) is 6.36. The van der Waals surface area contributed by atoms with Crippen LogP contribution in [-0.2, 0) is 4.74 Å². The molecule has 0 aromatic heterocycles. The van der Waals surface area contributed by atoms with Gasteiger partial charge in [-0.3, -0.25) is 0 Å². The Balaban J connectivity index is 2.31. The average Bonchev–Trinajstić information content (AvgIpc) is 2.35. The van der Waals surface area contributed by atoms with Crippen molar-refractivity contribution in [1.29, 1.82) is 0 Å². The summed E-state index contributed by atoms with van der Waals surface area (Å²) in [4.78, 5) is 0. The number of hydrogen-bond donors (Lipinski definition) is 1. The maximum Gasteiger partial charge on any atom is 0.261 e. The van der Waals surface area contributed by atoms with Crippen molar-refractivity contribution < 1.29 is 13.5 Å². The Morgan fingerprint density at radius 2 is 1.94 bits per heavy atom. The number of alkyl halides is 2. The summed E-state index contributed by atoms with van der Waals surface area (Å²) in [6, 6.07) is 7.80. The highest BCUT2D eigenvalue weighted by molar-refractivity contribution is 6.30. The van der Waals surface area contributed by atoms with E-state index in [0.717, 1.165) is 12.0 Å². The zero-order valence-corrected chi connectivity index (χ0v) is 11.1. The molecule has 0 radical (unpaired) electrons. The fraction of sp³-hybridized carbons (Fsp3) is 0.538. The van der Waals surface area contributed by atoms with E-state index in [9.17, 15) is 8.78 Å². The van der Waals surface area contributed by atoms with Gasteiger partial charge in [-0.15, -0.1) is 0 Å². The molecule has 0 heterocycles. The fourth-order valence-corrected chi connectivity index (χ4v) is 1.80. The molecule has 1 unspecified atom stereocenters. The average molecular weight is 278 g/mol. The highest BCUT2D eigenvalue weighted by Gasteiger charge is 2.08. The predicted molar refractivity (Wildman–Crippen MR) is 69.3 cm³/mol. The fourth-order valence-electron chi connectivity index (χ4n) is 1.67. The Morgan fingerprint density at radius 3 is 2.50 bits per heavy atom. The molecule has 0 bridgehead atoms. The third kappa shape index (κ3) is 5.76. The highest BCUT2D eigenvalue weighted by Crippen LogP contribution is 2.18. The van der Waals surface area contributed by atoms with Gasteiger partial charge in [0.2, 0.25) is 0 Å². The van der Waals surface area contributed by atoms with E-state index in [0.29, 0.717) is 11.6 Å². The van der Waals surface area contributed by atoms with Crippen molar-refractivity contribution in [3.05, 3.63) is 34.9 Å². The lowest BCUT2D eigenvalue weighted by atomic mass is 10.0. The van der Waals surface area contributed by atoms with E-state index < -0.39 is 13.0 Å². The molecule has 1 rings (SSSR count). The van der Waals surface area contributed by atoms with Gasteiger partial charge >= 0.3 is 0 Å². The van der Waals surface area contributed by atoms with Gasteiger partial charge in [-0.25, -0.2) is 8.78 Å². The molecule has 0 saturated carbocycles. The molecule has 0 fully saturated rings. The van der Waals surface area contributed by atoms with Crippen LogP contribution in [0.1, 0.15) is 24.9 Å². The summed E-state index contributed by atoms with van der Waals surface area (Å²) in [6.07, 6.45) is -1.49. The summed E-state index contributed by atoms with van der Waals surface area (Å²) >= 11 is 5.82. The zero-order valence-electron chi connectivity index (χ0n) is 10.3. The molecule has 2 nitrogen and oxygen atoms in total. The zero-order chi connectivity index (χ0) is 13.4. The van der Waals surface area contributed by atoms with Crippen molar-refractivity contribution in [1.82, 2.24) is 5.32 Å². The van der Waals surface area contributed by atoms with Crippen LogP contribution in [0.15, 0.2) is 24.3 Å². The van der Waals surface area contributed by atoms with E-state index in [1.165, 1.54) is 0 Å². The highest BCUT2D eigenvalue weighted by atomic mass is 35.5. The van der Waals surface area contributed by atoms with Crippen molar-refractivity contribution in [2.75, 3.05) is 19.8 Å². The second-order valence-electron chi connectivity index (χ2n) is 3.93. The van der Waals surface area contributed by atoms with Gasteiger partial charge in [0.05, 0.1) is 6.61 Å². The van der Waals surface area contributed by atoms with Crippen LogP contribution in [0.3, 0.4) is 0 Å². The molecule has 1 aromatic rings. The second kappa shape index (κ2) is 8.40. The minimum Gasteiger partial charge on any atom is -0.374 e. The minimum atomic E-state index is -2.40. The quantitative estimate of drug-likeness (QED) is 0.732. The lowest BCUT2D eigenvalue weighted by Crippen LogP contribution is -2.25. The van der Waals surface area contributed by atoms with Crippen LogP contribution in [-0.4, -0.2) is 26.2 Å². The molecule has 18 heavy (non-hydrogen) atoms. The predicted octanol–water partition coefficient (Wildman–Crippen LogP) is 3.66. The van der Waals surface area contributed by atoms with Crippen LogP contribution in [0.25, 0.3) is 0 Å². The summed E-state index contributed by atoms with van der Waals surface area (Å²) in [5.41, 5.74) is 1.13. The van der Waals surface area contributed by atoms with Gasteiger partial charge in [-0.05, 0) is 24.1 Å². The SMILES string of the molecule is CCC(NCCOCC(F)F)c1ccc(Cl)cc1. The lowest BCUT2D eigenvalue weighted by Gasteiger charge is -2.17. The van der Waals surface area contributed by atoms with Gasteiger partial charge in [-0.2, -0.15) is 0 Å². The molecule has 1 N–H and O–H groups in total. The summed E-state index contributed by atoms with van der Waals surface area (Å²) in [5.74, 6) is 0. The number of halogens is 3. The van der Waals surface area contributed by atoms with Gasteiger partial charge < -0.3 is 10.1 Å². The monoisotopic (exact) mass is 277 g/mol. The number of nitrogens with one attached hydrogen (secondary N) is 1. The second-order valence-corrected chi connectivity index (χ2v) is 4.37. The molecule has 1 atom stereocenters. The molecule has 5 heteroatoms. The molecule has 0 aliphatic heterocycles. The molecule has 0 aliphatic rings. The first-order chi connectivity index (χ1) is 8.63. The molecule has 102 valence electrons. The van der Waals surface area contributed by atoms with E-state index in [2.05, 4.69) is 12.2 Å². The Hall–Kier alpha value is -0.710. The van der Waals surface area contributed by atoms with Crippen LogP contribution in [0, 0.1) is 0 Å². The molecular weight excluding hydrogens is 260 g/mol. The van der Waals surface area contributed by atoms with Crippen molar-refractivity contribution in [3.63, 3.8) is 0 Å². The van der Waals surface area contributed by atoms with Crippen molar-refractivity contribution in [2.24, 2.45) is 0 Å². The van der Waals surface area contributed by atoms with E-state index in [-0.39, 0.29) is 12.6 Å². The van der Waals surface area contributed by atoms with Gasteiger partial charge in [0.25, 0.3) is 6.43 Å². The van der Waals surface area contributed by atoms with Gasteiger partial charge in [0, 0.05) is 17.6 Å². The first kappa shape index (κ1) is 15.3. The Kier molecular flexibility index (Phi) is 7.16. The van der Waals surface area contributed by atoms with Crippen LogP contribution >= 0.6 is 11.6 Å². The third-order valence-corrected chi connectivity index (χ3v) is 2.81. The largest absolute Gasteiger partial charge is 0.374 e. The van der Waals surface area contributed by atoms with Crippen LogP contribution in [0.2, 0.25) is 5.02 Å². The van der Waals surface area contributed by atoms with Gasteiger partial charge in [0.1, 0.15) is 6.61 Å². The number of rotatable bonds is 8. The number of benzene rings is 1. The summed E-state index contributed by atoms with van der Waals surface area (Å²) in [6.45, 7) is 2.40. The Morgan fingerprint density at radius 1 is 1.28 bits per heavy atom. The van der Waals surface area contributed by atoms with Gasteiger partial charge in [0.15, 0.2) is 0 Å². The van der Waals surface area contributed by atoms with E-state index in [1.807, 2.05) is 24.3 Å². The summed E-state index contributed by atoms with van der Waals surface area (Å²) < 4.78 is 28.5. The lowest BCUT2D eigenvalue weighted by molar-refractivity contribution is 0.0181. The van der Waals surface area contributed by atoms with Crippen LogP contribution < -0.4 is 5.32 Å². The number of hydrogen-bond acceptors (Lipinski definition) is 2. The summed E-state index contributed by atoms with van der Waals surface area (Å²) in [7, 11) is 0.